The van der Waals surface area contributed by atoms with Crippen molar-refractivity contribution in [1.29, 1.82) is 0 Å². The van der Waals surface area contributed by atoms with E-state index in [9.17, 15) is 4.79 Å². The fourth-order valence-electron chi connectivity index (χ4n) is 1.40. The van der Waals surface area contributed by atoms with Crippen LogP contribution in [0, 0.1) is 0 Å². The first kappa shape index (κ1) is 13.7. The van der Waals surface area contributed by atoms with E-state index < -0.39 is 5.97 Å². The number of hydrogen-bond acceptors (Lipinski definition) is 3. The van der Waals surface area contributed by atoms with Crippen LogP contribution in [0.5, 0.6) is 0 Å². The molecule has 0 bridgehead atoms. The summed E-state index contributed by atoms with van der Waals surface area (Å²) in [5.41, 5.74) is 0. The molecular weight excluding hydrogens is 290 g/mol. The van der Waals surface area contributed by atoms with Gasteiger partial charge in [-0.2, -0.15) is 0 Å². The molecule has 1 N–H and O–H groups in total. The van der Waals surface area contributed by atoms with E-state index in [1.165, 1.54) is 4.88 Å². The van der Waals surface area contributed by atoms with Crippen LogP contribution in [-0.2, 0) is 11.2 Å². The van der Waals surface area contributed by atoms with Gasteiger partial charge in [-0.1, -0.05) is 0 Å². The van der Waals surface area contributed by atoms with Crippen LogP contribution < -0.4 is 0 Å². The standard InChI is InChI=1S/C11H16BrNO2S/c1-13(5-2-3-11(14)15)6-4-10-7-9(12)8-16-10/h7-8H,2-6H2,1H3,(H,14,15). The molecule has 0 spiro atoms. The highest BCUT2D eigenvalue weighted by molar-refractivity contribution is 9.10. The summed E-state index contributed by atoms with van der Waals surface area (Å²) >= 11 is 5.18. The van der Waals surface area contributed by atoms with Gasteiger partial charge in [-0.3, -0.25) is 4.79 Å². The van der Waals surface area contributed by atoms with Crippen LogP contribution in [0.25, 0.3) is 0 Å². The Kier molecular flexibility index (Phi) is 6.01. The van der Waals surface area contributed by atoms with E-state index >= 15 is 0 Å². The van der Waals surface area contributed by atoms with Crippen molar-refractivity contribution in [3.05, 3.63) is 20.8 Å². The first-order valence-corrected chi connectivity index (χ1v) is 6.88. The van der Waals surface area contributed by atoms with Crippen molar-refractivity contribution in [2.75, 3.05) is 20.1 Å². The normalized spacial score (nSPS) is 10.9. The lowest BCUT2D eigenvalue weighted by Gasteiger charge is -2.14. The molecule has 5 heteroatoms. The second kappa shape index (κ2) is 7.04. The molecule has 1 aromatic rings. The van der Waals surface area contributed by atoms with Gasteiger partial charge in [0, 0.05) is 27.7 Å². The number of carbonyl (C=O) groups is 1. The fraction of sp³-hybridized carbons (Fsp3) is 0.545. The molecule has 0 saturated heterocycles. The molecule has 0 aliphatic rings. The minimum Gasteiger partial charge on any atom is -0.481 e. The number of halogens is 1. The van der Waals surface area contributed by atoms with Crippen molar-refractivity contribution >= 4 is 33.2 Å². The minimum absolute atomic E-state index is 0.259. The Morgan fingerprint density at radius 1 is 1.56 bits per heavy atom. The Hall–Kier alpha value is -0.390. The minimum atomic E-state index is -0.712. The number of aliphatic carboxylic acids is 1. The lowest BCUT2D eigenvalue weighted by atomic mass is 10.3. The second-order valence-electron chi connectivity index (χ2n) is 3.78. The largest absolute Gasteiger partial charge is 0.481 e. The van der Waals surface area contributed by atoms with Crippen LogP contribution in [0.3, 0.4) is 0 Å². The zero-order chi connectivity index (χ0) is 12.0. The van der Waals surface area contributed by atoms with Crippen molar-refractivity contribution in [1.82, 2.24) is 4.90 Å². The summed E-state index contributed by atoms with van der Waals surface area (Å²) in [7, 11) is 2.03. The highest BCUT2D eigenvalue weighted by Crippen LogP contribution is 2.20. The van der Waals surface area contributed by atoms with Crippen LogP contribution in [-0.4, -0.2) is 36.1 Å². The van der Waals surface area contributed by atoms with Crippen molar-refractivity contribution in [3.8, 4) is 0 Å². The zero-order valence-electron chi connectivity index (χ0n) is 9.28. The Balaban J connectivity index is 2.15. The van der Waals surface area contributed by atoms with Gasteiger partial charge in [0.05, 0.1) is 0 Å². The number of nitrogens with zero attached hydrogens (tertiary/aromatic N) is 1. The molecule has 1 heterocycles. The number of carboxylic acids is 1. The van der Waals surface area contributed by atoms with Gasteiger partial charge in [0.2, 0.25) is 0 Å². The predicted molar refractivity (Wildman–Crippen MR) is 70.1 cm³/mol. The SMILES string of the molecule is CN(CCCC(=O)O)CCc1cc(Br)cs1. The molecule has 0 saturated carbocycles. The van der Waals surface area contributed by atoms with Gasteiger partial charge >= 0.3 is 5.97 Å². The number of carboxylic acid groups (broad SMARTS) is 1. The molecule has 0 aliphatic carbocycles. The summed E-state index contributed by atoms with van der Waals surface area (Å²) in [4.78, 5) is 13.9. The molecule has 0 unspecified atom stereocenters. The molecule has 0 radical (unpaired) electrons. The molecule has 0 fully saturated rings. The quantitative estimate of drug-likeness (QED) is 0.842. The van der Waals surface area contributed by atoms with Crippen LogP contribution in [0.15, 0.2) is 15.9 Å². The molecule has 0 aromatic carbocycles. The lowest BCUT2D eigenvalue weighted by Crippen LogP contribution is -2.22. The van der Waals surface area contributed by atoms with E-state index in [0.29, 0.717) is 0 Å². The fourth-order valence-corrected chi connectivity index (χ4v) is 2.84. The average molecular weight is 306 g/mol. The van der Waals surface area contributed by atoms with E-state index in [4.69, 9.17) is 5.11 Å². The van der Waals surface area contributed by atoms with E-state index in [-0.39, 0.29) is 6.42 Å². The van der Waals surface area contributed by atoms with Crippen LogP contribution in [0.2, 0.25) is 0 Å². The highest BCUT2D eigenvalue weighted by Gasteiger charge is 2.03. The summed E-state index contributed by atoms with van der Waals surface area (Å²) in [5.74, 6) is -0.712. The molecule has 0 amide bonds. The first-order valence-electron chi connectivity index (χ1n) is 5.21. The topological polar surface area (TPSA) is 40.5 Å². The number of hydrogen-bond donors (Lipinski definition) is 1. The number of thiophene rings is 1. The maximum Gasteiger partial charge on any atom is 0.303 e. The molecular formula is C11H16BrNO2S. The Labute approximate surface area is 108 Å². The van der Waals surface area contributed by atoms with E-state index in [1.807, 2.05) is 7.05 Å². The van der Waals surface area contributed by atoms with Gasteiger partial charge in [-0.25, -0.2) is 0 Å². The van der Waals surface area contributed by atoms with Crippen LogP contribution >= 0.6 is 27.3 Å². The molecule has 1 aromatic heterocycles. The van der Waals surface area contributed by atoms with Crippen LogP contribution in [0.1, 0.15) is 17.7 Å². The lowest BCUT2D eigenvalue weighted by molar-refractivity contribution is -0.137. The zero-order valence-corrected chi connectivity index (χ0v) is 11.7. The Morgan fingerprint density at radius 3 is 2.88 bits per heavy atom. The van der Waals surface area contributed by atoms with Crippen LogP contribution in [0.4, 0.5) is 0 Å². The third kappa shape index (κ3) is 5.63. The van der Waals surface area contributed by atoms with Crippen molar-refractivity contribution < 1.29 is 9.90 Å². The maximum atomic E-state index is 10.3. The summed E-state index contributed by atoms with van der Waals surface area (Å²) in [6, 6.07) is 2.13. The molecule has 16 heavy (non-hydrogen) atoms. The molecule has 3 nitrogen and oxygen atoms in total. The molecule has 0 atom stereocenters. The van der Waals surface area contributed by atoms with Gasteiger partial charge in [0.15, 0.2) is 0 Å². The highest BCUT2D eigenvalue weighted by atomic mass is 79.9. The first-order chi connectivity index (χ1) is 7.58. The van der Waals surface area contributed by atoms with Crippen molar-refractivity contribution in [2.24, 2.45) is 0 Å². The summed E-state index contributed by atoms with van der Waals surface area (Å²) in [5, 5.41) is 10.6. The van der Waals surface area contributed by atoms with Gasteiger partial charge in [-0.05, 0) is 48.4 Å². The number of likely N-dealkylation sites (N-methyl/N-ethyl adjacent to an activating group) is 1. The van der Waals surface area contributed by atoms with Gasteiger partial charge < -0.3 is 10.0 Å². The van der Waals surface area contributed by atoms with Gasteiger partial charge in [0.25, 0.3) is 0 Å². The van der Waals surface area contributed by atoms with E-state index in [2.05, 4.69) is 32.3 Å². The third-order valence-electron chi connectivity index (χ3n) is 2.29. The molecule has 0 aliphatic heterocycles. The summed E-state index contributed by atoms with van der Waals surface area (Å²) < 4.78 is 1.14. The van der Waals surface area contributed by atoms with Gasteiger partial charge in [-0.15, -0.1) is 11.3 Å². The predicted octanol–water partition coefficient (Wildman–Crippen LogP) is 2.85. The average Bonchev–Trinajstić information content (AvgIpc) is 2.61. The Bertz CT molecular complexity index is 340. The van der Waals surface area contributed by atoms with E-state index in [0.717, 1.165) is 30.4 Å². The maximum absolute atomic E-state index is 10.3. The molecule has 90 valence electrons. The second-order valence-corrected chi connectivity index (χ2v) is 5.69. The smallest absolute Gasteiger partial charge is 0.303 e. The summed E-state index contributed by atoms with van der Waals surface area (Å²) in [6.07, 6.45) is 2.01. The van der Waals surface area contributed by atoms with Gasteiger partial charge in [0.1, 0.15) is 0 Å². The summed E-state index contributed by atoms with van der Waals surface area (Å²) in [6.45, 7) is 1.82. The van der Waals surface area contributed by atoms with E-state index in [1.54, 1.807) is 11.3 Å². The monoisotopic (exact) mass is 305 g/mol. The third-order valence-corrected chi connectivity index (χ3v) is 4.05. The number of rotatable bonds is 7. The molecule has 1 rings (SSSR count). The Morgan fingerprint density at radius 2 is 2.31 bits per heavy atom. The van der Waals surface area contributed by atoms with Crippen molar-refractivity contribution in [2.45, 2.75) is 19.3 Å². The van der Waals surface area contributed by atoms with Crippen molar-refractivity contribution in [3.63, 3.8) is 0 Å².